The van der Waals surface area contributed by atoms with E-state index >= 15 is 0 Å². The third-order valence-corrected chi connectivity index (χ3v) is 5.70. The van der Waals surface area contributed by atoms with Gasteiger partial charge in [0.25, 0.3) is 0 Å². The Kier molecular flexibility index (Phi) is 6.15. The fourth-order valence-electron chi connectivity index (χ4n) is 1.54. The van der Waals surface area contributed by atoms with Crippen LogP contribution in [-0.4, -0.2) is 33.0 Å². The van der Waals surface area contributed by atoms with Crippen LogP contribution >= 0.6 is 11.8 Å². The van der Waals surface area contributed by atoms with Gasteiger partial charge >= 0.3 is 0 Å². The standard InChI is InChI=1S/C13H20F2N2O2S2/c1-13(2,20-4)8-17-21(18,19)11-6-5-10(14)9(7-16-3)12(11)15/h5-6,16-17H,7-8H2,1-4H3. The van der Waals surface area contributed by atoms with E-state index in [0.717, 1.165) is 12.1 Å². The molecule has 0 amide bonds. The number of sulfonamides is 1. The smallest absolute Gasteiger partial charge is 0.243 e. The van der Waals surface area contributed by atoms with E-state index in [1.54, 1.807) is 0 Å². The molecule has 0 saturated heterocycles. The highest BCUT2D eigenvalue weighted by Crippen LogP contribution is 2.23. The number of nitrogens with one attached hydrogen (secondary N) is 2. The Morgan fingerprint density at radius 1 is 1.29 bits per heavy atom. The van der Waals surface area contributed by atoms with Gasteiger partial charge in [-0.15, -0.1) is 0 Å². The minimum atomic E-state index is -4.02. The monoisotopic (exact) mass is 338 g/mol. The molecule has 0 bridgehead atoms. The van der Waals surface area contributed by atoms with Crippen molar-refractivity contribution >= 4 is 21.8 Å². The summed E-state index contributed by atoms with van der Waals surface area (Å²) in [6, 6.07) is 1.91. The summed E-state index contributed by atoms with van der Waals surface area (Å²) in [5.41, 5.74) is -0.287. The van der Waals surface area contributed by atoms with E-state index in [-0.39, 0.29) is 23.4 Å². The van der Waals surface area contributed by atoms with Crippen molar-refractivity contribution in [2.24, 2.45) is 0 Å². The first kappa shape index (κ1) is 18.3. The molecule has 8 heteroatoms. The molecule has 0 aliphatic rings. The van der Waals surface area contributed by atoms with Gasteiger partial charge in [-0.25, -0.2) is 21.9 Å². The van der Waals surface area contributed by atoms with Crippen LogP contribution in [-0.2, 0) is 16.6 Å². The summed E-state index contributed by atoms with van der Waals surface area (Å²) in [6.07, 6.45) is 1.86. The second kappa shape index (κ2) is 7.04. The largest absolute Gasteiger partial charge is 0.315 e. The van der Waals surface area contributed by atoms with Crippen molar-refractivity contribution in [3.05, 3.63) is 29.3 Å². The van der Waals surface area contributed by atoms with E-state index in [2.05, 4.69) is 10.0 Å². The Morgan fingerprint density at radius 3 is 2.43 bits per heavy atom. The minimum Gasteiger partial charge on any atom is -0.315 e. The number of thioether (sulfide) groups is 1. The zero-order valence-corrected chi connectivity index (χ0v) is 14.1. The molecule has 0 aliphatic carbocycles. The lowest BCUT2D eigenvalue weighted by Gasteiger charge is -2.22. The van der Waals surface area contributed by atoms with E-state index in [4.69, 9.17) is 0 Å². The van der Waals surface area contributed by atoms with Gasteiger partial charge in [0.1, 0.15) is 10.7 Å². The van der Waals surface area contributed by atoms with E-state index < -0.39 is 26.6 Å². The molecule has 0 aromatic heterocycles. The topological polar surface area (TPSA) is 58.2 Å². The van der Waals surface area contributed by atoms with Crippen LogP contribution < -0.4 is 10.0 Å². The molecule has 0 radical (unpaired) electrons. The molecule has 4 nitrogen and oxygen atoms in total. The van der Waals surface area contributed by atoms with Crippen molar-refractivity contribution in [2.75, 3.05) is 19.8 Å². The van der Waals surface area contributed by atoms with E-state index in [0.29, 0.717) is 0 Å². The molecule has 0 saturated carbocycles. The minimum absolute atomic E-state index is 0.0860. The van der Waals surface area contributed by atoms with E-state index in [9.17, 15) is 17.2 Å². The summed E-state index contributed by atoms with van der Waals surface area (Å²) >= 11 is 1.49. The summed E-state index contributed by atoms with van der Waals surface area (Å²) in [4.78, 5) is -0.536. The van der Waals surface area contributed by atoms with Crippen molar-refractivity contribution < 1.29 is 17.2 Å². The molecule has 120 valence electrons. The maximum atomic E-state index is 14.2. The van der Waals surface area contributed by atoms with Crippen molar-refractivity contribution in [2.45, 2.75) is 30.0 Å². The van der Waals surface area contributed by atoms with Crippen molar-refractivity contribution in [1.82, 2.24) is 10.0 Å². The first-order chi connectivity index (χ1) is 9.64. The predicted octanol–water partition coefficient (Wildman–Crippen LogP) is 2.10. The maximum absolute atomic E-state index is 14.2. The van der Waals surface area contributed by atoms with Crippen LogP contribution in [0.2, 0.25) is 0 Å². The molecular weight excluding hydrogens is 318 g/mol. The van der Waals surface area contributed by atoms with Crippen LogP contribution in [0.4, 0.5) is 8.78 Å². The third kappa shape index (κ3) is 4.64. The van der Waals surface area contributed by atoms with Crippen LogP contribution in [0.25, 0.3) is 0 Å². The Morgan fingerprint density at radius 2 is 1.90 bits per heavy atom. The average Bonchev–Trinajstić information content (AvgIpc) is 2.41. The predicted molar refractivity (Wildman–Crippen MR) is 81.9 cm³/mol. The Balaban J connectivity index is 3.12. The van der Waals surface area contributed by atoms with Crippen LogP contribution in [0.3, 0.4) is 0 Å². The second-order valence-corrected chi connectivity index (χ2v) is 8.41. The summed E-state index contributed by atoms with van der Waals surface area (Å²) in [6.45, 7) is 3.80. The van der Waals surface area contributed by atoms with E-state index in [1.807, 2.05) is 20.1 Å². The van der Waals surface area contributed by atoms with Gasteiger partial charge < -0.3 is 5.32 Å². The normalized spacial score (nSPS) is 12.7. The molecule has 21 heavy (non-hydrogen) atoms. The van der Waals surface area contributed by atoms with E-state index in [1.165, 1.54) is 18.8 Å². The first-order valence-electron chi connectivity index (χ1n) is 6.31. The van der Waals surface area contributed by atoms with Crippen LogP contribution in [0, 0.1) is 11.6 Å². The zero-order chi connectivity index (χ0) is 16.3. The molecule has 2 N–H and O–H groups in total. The number of benzene rings is 1. The molecule has 1 aromatic carbocycles. The SMILES string of the molecule is CNCc1c(F)ccc(S(=O)(=O)NCC(C)(C)SC)c1F. The van der Waals surface area contributed by atoms with Crippen molar-refractivity contribution in [3.8, 4) is 0 Å². The van der Waals surface area contributed by atoms with Crippen LogP contribution in [0.5, 0.6) is 0 Å². The summed E-state index contributed by atoms with van der Waals surface area (Å²) < 4.78 is 54.2. The van der Waals surface area contributed by atoms with Gasteiger partial charge in [-0.2, -0.15) is 11.8 Å². The fraction of sp³-hybridized carbons (Fsp3) is 0.538. The molecule has 0 aliphatic heterocycles. The molecular formula is C13H20F2N2O2S2. The molecule has 0 fully saturated rings. The highest BCUT2D eigenvalue weighted by atomic mass is 32.2. The molecule has 0 heterocycles. The molecule has 0 spiro atoms. The second-order valence-electron chi connectivity index (χ2n) is 5.16. The van der Waals surface area contributed by atoms with Crippen molar-refractivity contribution in [1.29, 1.82) is 0 Å². The third-order valence-electron chi connectivity index (χ3n) is 3.03. The quantitative estimate of drug-likeness (QED) is 0.799. The van der Waals surface area contributed by atoms with Gasteiger partial charge in [0.2, 0.25) is 10.0 Å². The number of rotatable bonds is 7. The van der Waals surface area contributed by atoms with Gasteiger partial charge in [0, 0.05) is 23.4 Å². The Bertz CT molecular complexity index is 604. The summed E-state index contributed by atoms with van der Waals surface area (Å²) in [5, 5.41) is 2.61. The fourth-order valence-corrected chi connectivity index (χ4v) is 3.16. The Hall–Kier alpha value is -0.700. The number of hydrogen-bond donors (Lipinski definition) is 2. The zero-order valence-electron chi connectivity index (χ0n) is 12.5. The highest BCUT2D eigenvalue weighted by molar-refractivity contribution is 8.00. The van der Waals surface area contributed by atoms with Gasteiger partial charge in [-0.3, -0.25) is 0 Å². The number of halogens is 2. The molecule has 0 unspecified atom stereocenters. The molecule has 0 atom stereocenters. The van der Waals surface area contributed by atoms with Gasteiger partial charge in [0.15, 0.2) is 5.82 Å². The highest BCUT2D eigenvalue weighted by Gasteiger charge is 2.26. The lowest BCUT2D eigenvalue weighted by atomic mass is 10.2. The number of hydrogen-bond acceptors (Lipinski definition) is 4. The lowest BCUT2D eigenvalue weighted by Crippen LogP contribution is -2.36. The summed E-state index contributed by atoms with van der Waals surface area (Å²) in [5.74, 6) is -1.83. The Labute approximate surface area is 128 Å². The van der Waals surface area contributed by atoms with Gasteiger partial charge in [-0.05, 0) is 39.3 Å². The summed E-state index contributed by atoms with van der Waals surface area (Å²) in [7, 11) is -2.50. The van der Waals surface area contributed by atoms with Gasteiger partial charge in [0.05, 0.1) is 0 Å². The van der Waals surface area contributed by atoms with Crippen LogP contribution in [0.15, 0.2) is 17.0 Å². The first-order valence-corrected chi connectivity index (χ1v) is 9.01. The molecule has 1 rings (SSSR count). The van der Waals surface area contributed by atoms with Crippen LogP contribution in [0.1, 0.15) is 19.4 Å². The van der Waals surface area contributed by atoms with Crippen molar-refractivity contribution in [3.63, 3.8) is 0 Å². The molecule has 1 aromatic rings. The maximum Gasteiger partial charge on any atom is 0.243 e. The lowest BCUT2D eigenvalue weighted by molar-refractivity contribution is 0.516. The van der Waals surface area contributed by atoms with Gasteiger partial charge in [-0.1, -0.05) is 0 Å². The average molecular weight is 338 g/mol.